The van der Waals surface area contributed by atoms with Gasteiger partial charge in [0.15, 0.2) is 0 Å². The molecule has 1 aromatic carbocycles. The van der Waals surface area contributed by atoms with Crippen molar-refractivity contribution in [2.24, 2.45) is 4.99 Å². The quantitative estimate of drug-likeness (QED) is 0.599. The lowest BCUT2D eigenvalue weighted by atomic mass is 10.1. The summed E-state index contributed by atoms with van der Waals surface area (Å²) in [4.78, 5) is 14.1. The van der Waals surface area contributed by atoms with Gasteiger partial charge in [-0.3, -0.25) is 0 Å². The Bertz CT molecular complexity index is 422. The van der Waals surface area contributed by atoms with Crippen LogP contribution in [0.2, 0.25) is 5.02 Å². The van der Waals surface area contributed by atoms with Gasteiger partial charge in [0.2, 0.25) is 6.08 Å². The van der Waals surface area contributed by atoms with Gasteiger partial charge in [0, 0.05) is 4.47 Å². The minimum Gasteiger partial charge on any atom is -0.211 e. The molecule has 0 amide bonds. The first kappa shape index (κ1) is 9.91. The average molecular weight is 273 g/mol. The molecule has 0 heterocycles. The van der Waals surface area contributed by atoms with Gasteiger partial charge < -0.3 is 0 Å². The molecule has 0 N–H and O–H groups in total. The smallest absolute Gasteiger partial charge is 0.211 e. The van der Waals surface area contributed by atoms with Crippen LogP contribution in [0.1, 0.15) is 18.4 Å². The number of halogens is 2. The summed E-state index contributed by atoms with van der Waals surface area (Å²) >= 11 is 9.22. The van der Waals surface area contributed by atoms with Gasteiger partial charge in [-0.15, -0.1) is 0 Å². The second kappa shape index (κ2) is 3.50. The van der Waals surface area contributed by atoms with E-state index < -0.39 is 0 Å². The largest absolute Gasteiger partial charge is 0.235 e. The lowest BCUT2D eigenvalue weighted by Crippen LogP contribution is -2.01. The molecule has 0 aromatic heterocycles. The van der Waals surface area contributed by atoms with Crippen LogP contribution in [-0.4, -0.2) is 6.08 Å². The third-order valence-electron chi connectivity index (χ3n) is 2.44. The number of hydrogen-bond acceptors (Lipinski definition) is 2. The average Bonchev–Trinajstić information content (AvgIpc) is 2.91. The molecule has 72 valence electrons. The Morgan fingerprint density at radius 2 is 2.21 bits per heavy atom. The zero-order valence-electron chi connectivity index (χ0n) is 7.26. The molecule has 1 aliphatic rings. The fraction of sp³-hybridized carbons (Fsp3) is 0.300. The van der Waals surface area contributed by atoms with Crippen LogP contribution < -0.4 is 0 Å². The summed E-state index contributed by atoms with van der Waals surface area (Å²) in [6, 6.07) is 5.62. The van der Waals surface area contributed by atoms with E-state index in [1.807, 2.05) is 12.1 Å². The molecule has 0 spiro atoms. The van der Waals surface area contributed by atoms with Crippen molar-refractivity contribution < 1.29 is 4.79 Å². The summed E-state index contributed by atoms with van der Waals surface area (Å²) in [6.45, 7) is 0. The van der Waals surface area contributed by atoms with Crippen molar-refractivity contribution in [1.82, 2.24) is 0 Å². The van der Waals surface area contributed by atoms with Crippen LogP contribution in [-0.2, 0) is 10.3 Å². The molecule has 0 unspecified atom stereocenters. The fourth-order valence-electron chi connectivity index (χ4n) is 1.46. The van der Waals surface area contributed by atoms with Crippen molar-refractivity contribution in [2.45, 2.75) is 18.4 Å². The summed E-state index contributed by atoms with van der Waals surface area (Å²) in [5.41, 5.74) is 0.714. The Morgan fingerprint density at radius 3 is 2.71 bits per heavy atom. The van der Waals surface area contributed by atoms with Crippen LogP contribution in [0.5, 0.6) is 0 Å². The van der Waals surface area contributed by atoms with E-state index in [1.54, 1.807) is 12.1 Å². The molecule has 0 radical (unpaired) electrons. The third kappa shape index (κ3) is 1.63. The first-order chi connectivity index (χ1) is 6.68. The highest BCUT2D eigenvalue weighted by atomic mass is 79.9. The molecule has 0 atom stereocenters. The van der Waals surface area contributed by atoms with Gasteiger partial charge in [-0.1, -0.05) is 17.7 Å². The number of aliphatic imine (C=N–C) groups is 1. The van der Waals surface area contributed by atoms with Gasteiger partial charge in [-0.2, -0.15) is 4.99 Å². The summed E-state index contributed by atoms with van der Waals surface area (Å²) in [6.07, 6.45) is 3.46. The van der Waals surface area contributed by atoms with Crippen LogP contribution in [0.15, 0.2) is 27.7 Å². The monoisotopic (exact) mass is 271 g/mol. The number of isocyanates is 1. The van der Waals surface area contributed by atoms with Crippen molar-refractivity contribution in [3.05, 3.63) is 33.3 Å². The number of rotatable bonds is 2. The van der Waals surface area contributed by atoms with Gasteiger partial charge in [0.25, 0.3) is 0 Å². The Balaban J connectivity index is 2.42. The number of nitrogens with zero attached hydrogens (tertiary/aromatic N) is 1. The van der Waals surface area contributed by atoms with Crippen LogP contribution in [0.3, 0.4) is 0 Å². The lowest BCUT2D eigenvalue weighted by Gasteiger charge is -2.08. The van der Waals surface area contributed by atoms with E-state index in [4.69, 9.17) is 11.6 Å². The standard InChI is InChI=1S/C10H7BrClNO/c11-8-5-7(1-2-9(8)12)10(3-4-10)13-6-14/h1-2,5H,3-4H2. The topological polar surface area (TPSA) is 29.4 Å². The minimum atomic E-state index is -0.311. The molecule has 1 aromatic rings. The van der Waals surface area contributed by atoms with Gasteiger partial charge in [-0.05, 0) is 46.5 Å². The minimum absolute atomic E-state index is 0.311. The number of benzene rings is 1. The SMILES string of the molecule is O=C=NC1(c2ccc(Cl)c(Br)c2)CC1. The normalized spacial score (nSPS) is 17.3. The highest BCUT2D eigenvalue weighted by Gasteiger charge is 2.44. The second-order valence-electron chi connectivity index (χ2n) is 3.36. The molecule has 14 heavy (non-hydrogen) atoms. The summed E-state index contributed by atoms with van der Waals surface area (Å²) in [7, 11) is 0. The molecule has 1 aliphatic carbocycles. The molecule has 0 saturated heterocycles. The molecule has 4 heteroatoms. The Morgan fingerprint density at radius 1 is 1.50 bits per heavy atom. The summed E-state index contributed by atoms with van der Waals surface area (Å²) in [5, 5.41) is 0.666. The predicted molar refractivity (Wildman–Crippen MR) is 58.2 cm³/mol. The van der Waals surface area contributed by atoms with Crippen molar-refractivity contribution in [1.29, 1.82) is 0 Å². The maximum absolute atomic E-state index is 10.3. The van der Waals surface area contributed by atoms with Gasteiger partial charge in [-0.25, -0.2) is 4.79 Å². The Kier molecular flexibility index (Phi) is 2.48. The Labute approximate surface area is 95.1 Å². The van der Waals surface area contributed by atoms with Crippen LogP contribution in [0.25, 0.3) is 0 Å². The zero-order valence-corrected chi connectivity index (χ0v) is 9.60. The van der Waals surface area contributed by atoms with Gasteiger partial charge in [0.1, 0.15) is 0 Å². The van der Waals surface area contributed by atoms with E-state index in [2.05, 4.69) is 20.9 Å². The van der Waals surface area contributed by atoms with Gasteiger partial charge in [0.05, 0.1) is 10.6 Å². The molecule has 0 bridgehead atoms. The number of carbonyl (C=O) groups excluding carboxylic acids is 1. The van der Waals surface area contributed by atoms with Crippen LogP contribution in [0.4, 0.5) is 0 Å². The number of hydrogen-bond donors (Lipinski definition) is 0. The summed E-state index contributed by atoms with van der Waals surface area (Å²) in [5.74, 6) is 0. The molecule has 2 rings (SSSR count). The summed E-state index contributed by atoms with van der Waals surface area (Å²) < 4.78 is 0.837. The van der Waals surface area contributed by atoms with Crippen molar-refractivity contribution in [2.75, 3.05) is 0 Å². The van der Waals surface area contributed by atoms with Crippen molar-refractivity contribution in [3.8, 4) is 0 Å². The first-order valence-electron chi connectivity index (χ1n) is 4.22. The third-order valence-corrected chi connectivity index (χ3v) is 3.65. The van der Waals surface area contributed by atoms with E-state index in [1.165, 1.54) is 0 Å². The highest BCUT2D eigenvalue weighted by molar-refractivity contribution is 9.10. The van der Waals surface area contributed by atoms with Crippen LogP contribution in [0, 0.1) is 0 Å². The van der Waals surface area contributed by atoms with Crippen molar-refractivity contribution in [3.63, 3.8) is 0 Å². The second-order valence-corrected chi connectivity index (χ2v) is 4.63. The van der Waals surface area contributed by atoms with E-state index in [0.717, 1.165) is 22.9 Å². The van der Waals surface area contributed by atoms with Crippen molar-refractivity contribution >= 4 is 33.6 Å². The first-order valence-corrected chi connectivity index (χ1v) is 5.40. The molecule has 2 nitrogen and oxygen atoms in total. The zero-order chi connectivity index (χ0) is 10.2. The highest BCUT2D eigenvalue weighted by Crippen LogP contribution is 2.50. The Hall–Kier alpha value is -0.630. The maximum Gasteiger partial charge on any atom is 0.235 e. The van der Waals surface area contributed by atoms with E-state index in [9.17, 15) is 4.79 Å². The molecule has 0 aliphatic heterocycles. The molecular weight excluding hydrogens is 265 g/mol. The fourth-order valence-corrected chi connectivity index (χ4v) is 1.95. The van der Waals surface area contributed by atoms with E-state index in [-0.39, 0.29) is 5.54 Å². The predicted octanol–water partition coefficient (Wildman–Crippen LogP) is 3.43. The molecule has 1 fully saturated rings. The maximum atomic E-state index is 10.3. The molecular formula is C10H7BrClNO. The van der Waals surface area contributed by atoms with E-state index >= 15 is 0 Å². The molecule has 1 saturated carbocycles. The van der Waals surface area contributed by atoms with E-state index in [0.29, 0.717) is 5.02 Å². The lowest BCUT2D eigenvalue weighted by molar-refractivity contribution is 0.556. The van der Waals surface area contributed by atoms with Gasteiger partial charge >= 0.3 is 0 Å². The van der Waals surface area contributed by atoms with Crippen LogP contribution >= 0.6 is 27.5 Å².